The van der Waals surface area contributed by atoms with Crippen molar-refractivity contribution < 1.29 is 9.53 Å². The summed E-state index contributed by atoms with van der Waals surface area (Å²) in [6, 6.07) is 4.47. The van der Waals surface area contributed by atoms with Gasteiger partial charge in [-0.05, 0) is 50.2 Å². The van der Waals surface area contributed by atoms with E-state index in [1.807, 2.05) is 13.8 Å². The van der Waals surface area contributed by atoms with Gasteiger partial charge in [-0.3, -0.25) is 4.79 Å². The average Bonchev–Trinajstić information content (AvgIpc) is 2.42. The molecule has 22 heavy (non-hydrogen) atoms. The predicted octanol–water partition coefficient (Wildman–Crippen LogP) is 3.93. The van der Waals surface area contributed by atoms with E-state index in [0.717, 1.165) is 23.3 Å². The molecule has 0 heterocycles. The predicted molar refractivity (Wildman–Crippen MR) is 90.3 cm³/mol. The minimum absolute atomic E-state index is 0.00896. The summed E-state index contributed by atoms with van der Waals surface area (Å²) >= 11 is 0. The van der Waals surface area contributed by atoms with Crippen LogP contribution in [0.5, 0.6) is 5.75 Å². The highest BCUT2D eigenvalue weighted by Gasteiger charge is 2.28. The van der Waals surface area contributed by atoms with Crippen molar-refractivity contribution in [3.05, 3.63) is 28.8 Å². The van der Waals surface area contributed by atoms with Gasteiger partial charge in [-0.15, -0.1) is 0 Å². The fourth-order valence-electron chi connectivity index (χ4n) is 3.57. The molecule has 3 nitrogen and oxygen atoms in total. The van der Waals surface area contributed by atoms with E-state index in [1.165, 1.54) is 18.4 Å². The van der Waals surface area contributed by atoms with Crippen LogP contribution in [-0.2, 0) is 4.79 Å². The van der Waals surface area contributed by atoms with Gasteiger partial charge in [0.1, 0.15) is 5.75 Å². The number of ether oxygens (including phenoxy) is 1. The molecule has 0 unspecified atom stereocenters. The summed E-state index contributed by atoms with van der Waals surface area (Å²) in [5.41, 5.74) is 3.40. The SMILES string of the molecule is Cc1cc(C)c(OCC(=O)N[C@@H]2CCC[C@@H](C)[C@@H]2C)c(C)c1. The molecule has 1 aromatic carbocycles. The van der Waals surface area contributed by atoms with E-state index in [-0.39, 0.29) is 12.5 Å². The molecule has 3 atom stereocenters. The number of carbonyl (C=O) groups is 1. The zero-order valence-corrected chi connectivity index (χ0v) is 14.5. The number of hydrogen-bond acceptors (Lipinski definition) is 2. The van der Waals surface area contributed by atoms with Crippen LogP contribution in [0.3, 0.4) is 0 Å². The number of aryl methyl sites for hydroxylation is 3. The third-order valence-electron chi connectivity index (χ3n) is 5.01. The third-order valence-corrected chi connectivity index (χ3v) is 5.01. The molecule has 0 bridgehead atoms. The number of rotatable bonds is 4. The van der Waals surface area contributed by atoms with Crippen molar-refractivity contribution in [2.24, 2.45) is 11.8 Å². The van der Waals surface area contributed by atoms with Gasteiger partial charge in [0.05, 0.1) is 0 Å². The number of carbonyl (C=O) groups excluding carboxylic acids is 1. The first-order chi connectivity index (χ1) is 10.4. The maximum absolute atomic E-state index is 12.2. The highest BCUT2D eigenvalue weighted by atomic mass is 16.5. The lowest BCUT2D eigenvalue weighted by Crippen LogP contribution is -2.45. The van der Waals surface area contributed by atoms with Crippen molar-refractivity contribution in [2.75, 3.05) is 6.61 Å². The lowest BCUT2D eigenvalue weighted by Gasteiger charge is -2.34. The lowest BCUT2D eigenvalue weighted by molar-refractivity contribution is -0.124. The van der Waals surface area contributed by atoms with Gasteiger partial charge >= 0.3 is 0 Å². The zero-order valence-electron chi connectivity index (χ0n) is 14.5. The van der Waals surface area contributed by atoms with Gasteiger partial charge in [-0.1, -0.05) is 44.4 Å². The molecule has 2 rings (SSSR count). The van der Waals surface area contributed by atoms with Crippen LogP contribution in [0.2, 0.25) is 0 Å². The zero-order chi connectivity index (χ0) is 16.3. The highest BCUT2D eigenvalue weighted by molar-refractivity contribution is 5.78. The summed E-state index contributed by atoms with van der Waals surface area (Å²) in [5.74, 6) is 2.05. The highest BCUT2D eigenvalue weighted by Crippen LogP contribution is 2.29. The van der Waals surface area contributed by atoms with Gasteiger partial charge < -0.3 is 10.1 Å². The quantitative estimate of drug-likeness (QED) is 0.915. The Hall–Kier alpha value is -1.51. The molecule has 1 fully saturated rings. The Morgan fingerprint density at radius 3 is 2.45 bits per heavy atom. The van der Waals surface area contributed by atoms with Crippen LogP contribution in [-0.4, -0.2) is 18.6 Å². The molecule has 1 aliphatic rings. The second-order valence-electron chi connectivity index (χ2n) is 6.96. The van der Waals surface area contributed by atoms with Crippen molar-refractivity contribution in [3.8, 4) is 5.75 Å². The molecule has 0 radical (unpaired) electrons. The summed E-state index contributed by atoms with van der Waals surface area (Å²) in [4.78, 5) is 12.2. The molecule has 1 aromatic rings. The second kappa shape index (κ2) is 7.17. The smallest absolute Gasteiger partial charge is 0.258 e. The molecule has 122 valence electrons. The summed E-state index contributed by atoms with van der Waals surface area (Å²) < 4.78 is 5.78. The first-order valence-electron chi connectivity index (χ1n) is 8.38. The van der Waals surface area contributed by atoms with Crippen LogP contribution in [0.25, 0.3) is 0 Å². The van der Waals surface area contributed by atoms with Crippen LogP contribution < -0.4 is 10.1 Å². The first kappa shape index (κ1) is 16.9. The molecule has 1 amide bonds. The Balaban J connectivity index is 1.91. The standard InChI is InChI=1S/C19H29NO2/c1-12-9-14(3)19(15(4)10-12)22-11-18(21)20-17-8-6-7-13(2)16(17)5/h9-10,13,16-17H,6-8,11H2,1-5H3,(H,20,21)/t13-,16+,17-/m1/s1. The molecule has 1 N–H and O–H groups in total. The number of nitrogens with one attached hydrogen (secondary N) is 1. The van der Waals surface area contributed by atoms with Crippen LogP contribution in [0, 0.1) is 32.6 Å². The van der Waals surface area contributed by atoms with E-state index in [9.17, 15) is 4.79 Å². The Kier molecular flexibility index (Phi) is 5.49. The average molecular weight is 303 g/mol. The monoisotopic (exact) mass is 303 g/mol. The summed E-state index contributed by atoms with van der Waals surface area (Å²) in [6.07, 6.45) is 3.55. The van der Waals surface area contributed by atoms with E-state index in [2.05, 4.69) is 38.2 Å². The number of benzene rings is 1. The van der Waals surface area contributed by atoms with E-state index in [4.69, 9.17) is 4.74 Å². The molecule has 1 aliphatic carbocycles. The minimum Gasteiger partial charge on any atom is -0.483 e. The molecule has 1 saturated carbocycles. The Labute approximate surface area is 134 Å². The van der Waals surface area contributed by atoms with Gasteiger partial charge in [0.2, 0.25) is 0 Å². The maximum atomic E-state index is 12.2. The lowest BCUT2D eigenvalue weighted by atomic mass is 9.78. The molecular formula is C19H29NO2. The number of amides is 1. The Bertz CT molecular complexity index is 515. The normalized spacial score (nSPS) is 24.9. The van der Waals surface area contributed by atoms with Gasteiger partial charge in [0, 0.05) is 6.04 Å². The fourth-order valence-corrected chi connectivity index (χ4v) is 3.57. The van der Waals surface area contributed by atoms with Crippen molar-refractivity contribution in [1.82, 2.24) is 5.32 Å². The van der Waals surface area contributed by atoms with Crippen molar-refractivity contribution >= 4 is 5.91 Å². The van der Waals surface area contributed by atoms with Crippen LogP contribution in [0.1, 0.15) is 49.8 Å². The topological polar surface area (TPSA) is 38.3 Å². The largest absolute Gasteiger partial charge is 0.483 e. The minimum atomic E-state index is -0.00896. The van der Waals surface area contributed by atoms with Gasteiger partial charge in [-0.25, -0.2) is 0 Å². The van der Waals surface area contributed by atoms with Gasteiger partial charge in [0.15, 0.2) is 6.61 Å². The number of hydrogen-bond donors (Lipinski definition) is 1. The van der Waals surface area contributed by atoms with E-state index in [0.29, 0.717) is 17.9 Å². The first-order valence-corrected chi connectivity index (χ1v) is 8.38. The van der Waals surface area contributed by atoms with Crippen LogP contribution in [0.4, 0.5) is 0 Å². The van der Waals surface area contributed by atoms with Crippen molar-refractivity contribution in [1.29, 1.82) is 0 Å². The van der Waals surface area contributed by atoms with E-state index < -0.39 is 0 Å². The summed E-state index contributed by atoms with van der Waals surface area (Å²) in [5, 5.41) is 3.16. The molecular weight excluding hydrogens is 274 g/mol. The van der Waals surface area contributed by atoms with E-state index in [1.54, 1.807) is 0 Å². The molecule has 0 spiro atoms. The van der Waals surface area contributed by atoms with Crippen molar-refractivity contribution in [3.63, 3.8) is 0 Å². The summed E-state index contributed by atoms with van der Waals surface area (Å²) in [7, 11) is 0. The van der Waals surface area contributed by atoms with Crippen LogP contribution >= 0.6 is 0 Å². The Morgan fingerprint density at radius 1 is 1.18 bits per heavy atom. The van der Waals surface area contributed by atoms with Crippen LogP contribution in [0.15, 0.2) is 12.1 Å². The summed E-state index contributed by atoms with van der Waals surface area (Å²) in [6.45, 7) is 10.7. The Morgan fingerprint density at radius 2 is 1.82 bits per heavy atom. The van der Waals surface area contributed by atoms with E-state index >= 15 is 0 Å². The molecule has 0 aromatic heterocycles. The fraction of sp³-hybridized carbons (Fsp3) is 0.632. The van der Waals surface area contributed by atoms with Gasteiger partial charge in [0.25, 0.3) is 5.91 Å². The molecule has 3 heteroatoms. The van der Waals surface area contributed by atoms with Crippen molar-refractivity contribution in [2.45, 2.75) is 59.9 Å². The second-order valence-corrected chi connectivity index (χ2v) is 6.96. The third kappa shape index (κ3) is 4.02. The molecule has 0 saturated heterocycles. The van der Waals surface area contributed by atoms with Gasteiger partial charge in [-0.2, -0.15) is 0 Å². The maximum Gasteiger partial charge on any atom is 0.258 e. The molecule has 0 aliphatic heterocycles.